The number of benzene rings is 5. The zero-order valence-corrected chi connectivity index (χ0v) is 23.2. The van der Waals surface area contributed by atoms with E-state index in [0.29, 0.717) is 22.7 Å². The van der Waals surface area contributed by atoms with Gasteiger partial charge in [-0.15, -0.1) is 0 Å². The molecule has 0 saturated heterocycles. The van der Waals surface area contributed by atoms with Crippen LogP contribution in [0.2, 0.25) is 0 Å². The van der Waals surface area contributed by atoms with Crippen LogP contribution in [0, 0.1) is 11.3 Å². The molecule has 5 aromatic heterocycles. The summed E-state index contributed by atoms with van der Waals surface area (Å²) in [5.74, 6) is 0.565. The smallest absolute Gasteiger partial charge is 0.235 e. The van der Waals surface area contributed by atoms with Crippen molar-refractivity contribution < 1.29 is 0 Å². The molecule has 0 atom stereocenters. The third-order valence-electron chi connectivity index (χ3n) is 8.92. The molecule has 0 aliphatic carbocycles. The van der Waals surface area contributed by atoms with Gasteiger partial charge in [0.2, 0.25) is 5.95 Å². The maximum atomic E-state index is 9.63. The van der Waals surface area contributed by atoms with Crippen LogP contribution in [-0.2, 0) is 0 Å². The van der Waals surface area contributed by atoms with E-state index < -0.39 is 0 Å². The predicted octanol–water partition coefficient (Wildman–Crippen LogP) is 8.81. The standard InChI is InChI=1S/C38H20N6/c39-21-22-9-7-10-23(19-22)35-36-28(14-8-18-40-36)41-38(42-35)44-31-17-6-2-12-25(31)33-32(44)20-27-24-11-1-4-15-29(24)43-30-16-5-3-13-26(30)34(33)37(27)43/h1-20H. The highest BCUT2D eigenvalue weighted by Crippen LogP contribution is 2.46. The fourth-order valence-electron chi connectivity index (χ4n) is 7.17. The maximum absolute atomic E-state index is 9.63. The van der Waals surface area contributed by atoms with E-state index in [4.69, 9.17) is 9.97 Å². The van der Waals surface area contributed by atoms with Crippen molar-refractivity contribution in [1.82, 2.24) is 23.9 Å². The molecule has 0 radical (unpaired) electrons. The summed E-state index contributed by atoms with van der Waals surface area (Å²) in [5.41, 5.74) is 9.26. The number of nitriles is 1. The van der Waals surface area contributed by atoms with Crippen LogP contribution >= 0.6 is 0 Å². The van der Waals surface area contributed by atoms with E-state index in [0.717, 1.165) is 27.5 Å². The minimum absolute atomic E-state index is 0.565. The fraction of sp³-hybridized carbons (Fsp3) is 0. The highest BCUT2D eigenvalue weighted by atomic mass is 15.2. The Balaban J connectivity index is 1.42. The second-order valence-electron chi connectivity index (χ2n) is 11.2. The van der Waals surface area contributed by atoms with Crippen molar-refractivity contribution in [2.75, 3.05) is 0 Å². The van der Waals surface area contributed by atoms with E-state index in [9.17, 15) is 5.26 Å². The van der Waals surface area contributed by atoms with Crippen LogP contribution in [0.15, 0.2) is 121 Å². The van der Waals surface area contributed by atoms with Crippen molar-refractivity contribution in [3.63, 3.8) is 0 Å². The number of hydrogen-bond acceptors (Lipinski definition) is 4. The lowest BCUT2D eigenvalue weighted by Gasteiger charge is -2.11. The largest absolute Gasteiger partial charge is 0.308 e. The Labute approximate surface area is 250 Å². The van der Waals surface area contributed by atoms with Gasteiger partial charge in [-0.2, -0.15) is 5.26 Å². The molecule has 5 aromatic carbocycles. The number of rotatable bonds is 2. The zero-order valence-electron chi connectivity index (χ0n) is 23.2. The molecule has 44 heavy (non-hydrogen) atoms. The summed E-state index contributed by atoms with van der Waals surface area (Å²) in [7, 11) is 0. The molecule has 0 bridgehead atoms. The van der Waals surface area contributed by atoms with Crippen LogP contribution < -0.4 is 0 Å². The zero-order chi connectivity index (χ0) is 28.9. The van der Waals surface area contributed by atoms with Crippen molar-refractivity contribution in [2.24, 2.45) is 0 Å². The molecule has 10 rings (SSSR count). The summed E-state index contributed by atoms with van der Waals surface area (Å²) >= 11 is 0. The van der Waals surface area contributed by atoms with E-state index in [-0.39, 0.29) is 0 Å². The number of nitrogens with zero attached hydrogens (tertiary/aromatic N) is 6. The van der Waals surface area contributed by atoms with Crippen LogP contribution in [0.1, 0.15) is 5.56 Å². The average molecular weight is 561 g/mol. The maximum Gasteiger partial charge on any atom is 0.235 e. The van der Waals surface area contributed by atoms with Crippen molar-refractivity contribution >= 4 is 70.9 Å². The molecule has 5 heterocycles. The Morgan fingerprint density at radius 3 is 2.14 bits per heavy atom. The van der Waals surface area contributed by atoms with Crippen molar-refractivity contribution in [1.29, 1.82) is 5.26 Å². The van der Waals surface area contributed by atoms with Gasteiger partial charge in [0.1, 0.15) is 11.2 Å². The highest BCUT2D eigenvalue weighted by molar-refractivity contribution is 6.35. The van der Waals surface area contributed by atoms with Gasteiger partial charge in [0, 0.05) is 44.1 Å². The first-order valence-corrected chi connectivity index (χ1v) is 14.5. The van der Waals surface area contributed by atoms with E-state index in [1.807, 2.05) is 30.3 Å². The van der Waals surface area contributed by atoms with Gasteiger partial charge >= 0.3 is 0 Å². The second kappa shape index (κ2) is 8.37. The van der Waals surface area contributed by atoms with Gasteiger partial charge in [0.25, 0.3) is 0 Å². The topological polar surface area (TPSA) is 71.8 Å². The van der Waals surface area contributed by atoms with Crippen LogP contribution in [0.25, 0.3) is 88.1 Å². The molecule has 0 unspecified atom stereocenters. The van der Waals surface area contributed by atoms with Gasteiger partial charge in [0.15, 0.2) is 0 Å². The SMILES string of the molecule is N#Cc1cccc(-c2nc(-n3c4ccccc4c4c5c6ccccc6n6c7ccccc7c(cc43)c56)nc3cccnc23)c1. The molecule has 0 N–H and O–H groups in total. The summed E-state index contributed by atoms with van der Waals surface area (Å²) < 4.78 is 4.61. The summed E-state index contributed by atoms with van der Waals surface area (Å²) in [4.78, 5) is 15.0. The first-order valence-electron chi connectivity index (χ1n) is 14.5. The summed E-state index contributed by atoms with van der Waals surface area (Å²) in [6, 6.07) is 41.8. The summed E-state index contributed by atoms with van der Waals surface area (Å²) in [6.07, 6.45) is 1.76. The lowest BCUT2D eigenvalue weighted by atomic mass is 10.0. The number of pyridine rings is 1. The van der Waals surface area contributed by atoms with E-state index >= 15 is 0 Å². The minimum Gasteiger partial charge on any atom is -0.308 e. The number of aromatic nitrogens is 5. The van der Waals surface area contributed by atoms with Crippen molar-refractivity contribution in [2.45, 2.75) is 0 Å². The normalized spacial score (nSPS) is 12.1. The first-order chi connectivity index (χ1) is 21.8. The van der Waals surface area contributed by atoms with E-state index in [2.05, 4.69) is 98.9 Å². The van der Waals surface area contributed by atoms with Crippen LogP contribution in [0.3, 0.4) is 0 Å². The molecule has 0 fully saturated rings. The predicted molar refractivity (Wildman–Crippen MR) is 176 cm³/mol. The van der Waals surface area contributed by atoms with Crippen LogP contribution in [-0.4, -0.2) is 23.9 Å². The van der Waals surface area contributed by atoms with Gasteiger partial charge in [-0.3, -0.25) is 9.55 Å². The third kappa shape index (κ3) is 2.90. The summed E-state index contributed by atoms with van der Waals surface area (Å²) in [5, 5.41) is 16.8. The van der Waals surface area contributed by atoms with Crippen LogP contribution in [0.4, 0.5) is 0 Å². The van der Waals surface area contributed by atoms with Gasteiger partial charge in [0.05, 0.1) is 44.7 Å². The third-order valence-corrected chi connectivity index (χ3v) is 8.92. The molecule has 0 spiro atoms. The molecular formula is C38H20N6. The highest BCUT2D eigenvalue weighted by Gasteiger charge is 2.25. The lowest BCUT2D eigenvalue weighted by Crippen LogP contribution is -2.04. The van der Waals surface area contributed by atoms with Gasteiger partial charge in [-0.25, -0.2) is 9.97 Å². The Kier molecular flexibility index (Phi) is 4.43. The average Bonchev–Trinajstić information content (AvgIpc) is 3.72. The molecule has 0 aliphatic rings. The molecular weight excluding hydrogens is 540 g/mol. The molecule has 0 saturated carbocycles. The number of fused-ring (bicyclic) bond motifs is 11. The van der Waals surface area contributed by atoms with Crippen molar-refractivity contribution in [3.8, 4) is 23.3 Å². The molecule has 6 heteroatoms. The number of para-hydroxylation sites is 3. The Bertz CT molecular complexity index is 2850. The number of hydrogen-bond donors (Lipinski definition) is 0. The minimum atomic E-state index is 0.565. The molecule has 6 nitrogen and oxygen atoms in total. The monoisotopic (exact) mass is 560 g/mol. The van der Waals surface area contributed by atoms with Crippen LogP contribution in [0.5, 0.6) is 0 Å². The Hall–Kier alpha value is -6.32. The molecule has 0 amide bonds. The Morgan fingerprint density at radius 1 is 0.591 bits per heavy atom. The van der Waals surface area contributed by atoms with E-state index in [1.54, 1.807) is 12.3 Å². The lowest BCUT2D eigenvalue weighted by molar-refractivity contribution is 1.01. The molecule has 0 aliphatic heterocycles. The van der Waals surface area contributed by atoms with Gasteiger partial charge in [-0.1, -0.05) is 66.7 Å². The quantitative estimate of drug-likeness (QED) is 0.212. The van der Waals surface area contributed by atoms with Crippen molar-refractivity contribution in [3.05, 3.63) is 127 Å². The van der Waals surface area contributed by atoms with E-state index in [1.165, 1.54) is 43.5 Å². The summed E-state index contributed by atoms with van der Waals surface area (Å²) in [6.45, 7) is 0. The fourth-order valence-corrected chi connectivity index (χ4v) is 7.17. The Morgan fingerprint density at radius 2 is 1.32 bits per heavy atom. The molecule has 10 aromatic rings. The first kappa shape index (κ1) is 23.3. The van der Waals surface area contributed by atoms with Gasteiger partial charge < -0.3 is 4.40 Å². The van der Waals surface area contributed by atoms with Gasteiger partial charge in [-0.05, 0) is 48.5 Å². The molecule has 202 valence electrons. The second-order valence-corrected chi connectivity index (χ2v) is 11.2.